The number of carbonyl (C=O) groups excluding carboxylic acids is 1. The van der Waals surface area contributed by atoms with Gasteiger partial charge >= 0.3 is 0 Å². The molecule has 1 nitrogen and oxygen atoms in total. The van der Waals surface area contributed by atoms with E-state index in [0.717, 1.165) is 19.3 Å². The lowest BCUT2D eigenvalue weighted by molar-refractivity contribution is -0.111. The lowest BCUT2D eigenvalue weighted by Gasteiger charge is -2.08. The van der Waals surface area contributed by atoms with E-state index in [1.54, 1.807) is 0 Å². The molecular formula is C15H18O. The molecule has 0 N–H and O–H groups in total. The van der Waals surface area contributed by atoms with Gasteiger partial charge in [-0.3, -0.25) is 4.79 Å². The van der Waals surface area contributed by atoms with E-state index < -0.39 is 0 Å². The Balaban J connectivity index is 2.66. The summed E-state index contributed by atoms with van der Waals surface area (Å²) in [5.74, 6) is 5.99. The third kappa shape index (κ3) is 4.79. The lowest BCUT2D eigenvalue weighted by Crippen LogP contribution is -2.02. The zero-order chi connectivity index (χ0) is 11.8. The summed E-state index contributed by atoms with van der Waals surface area (Å²) in [5, 5.41) is 0. The van der Waals surface area contributed by atoms with E-state index in [1.807, 2.05) is 18.2 Å². The average Bonchev–Trinajstić information content (AvgIpc) is 2.27. The normalized spacial score (nSPS) is 11.4. The van der Waals surface area contributed by atoms with Crippen LogP contribution in [0, 0.1) is 17.8 Å². The second kappa shape index (κ2) is 6.85. The van der Waals surface area contributed by atoms with Gasteiger partial charge in [-0.05, 0) is 24.3 Å². The smallest absolute Gasteiger partial charge is 0.202 e. The Morgan fingerprint density at radius 1 is 1.31 bits per heavy atom. The van der Waals surface area contributed by atoms with Gasteiger partial charge in [0.15, 0.2) is 0 Å². The molecule has 16 heavy (non-hydrogen) atoms. The minimum Gasteiger partial charge on any atom is -0.285 e. The van der Waals surface area contributed by atoms with Gasteiger partial charge in [-0.2, -0.15) is 0 Å². The molecule has 0 saturated heterocycles. The second-order valence-corrected chi connectivity index (χ2v) is 4.00. The molecule has 0 saturated carbocycles. The maximum atomic E-state index is 10.8. The van der Waals surface area contributed by atoms with Crippen LogP contribution in [0.3, 0.4) is 0 Å². The molecule has 0 bridgehead atoms. The summed E-state index contributed by atoms with van der Waals surface area (Å²) in [6.07, 6.45) is 3.09. The molecule has 0 aliphatic heterocycles. The summed E-state index contributed by atoms with van der Waals surface area (Å²) in [6.45, 7) is 3.66. The highest BCUT2D eigenvalue weighted by molar-refractivity contribution is 5.93. The summed E-state index contributed by atoms with van der Waals surface area (Å²) < 4.78 is 0. The van der Waals surface area contributed by atoms with Crippen molar-refractivity contribution in [1.82, 2.24) is 0 Å². The Kier molecular flexibility index (Phi) is 5.36. The number of rotatable bonds is 4. The highest BCUT2D eigenvalue weighted by Crippen LogP contribution is 2.13. The van der Waals surface area contributed by atoms with Gasteiger partial charge in [-0.1, -0.05) is 49.6 Å². The van der Waals surface area contributed by atoms with Gasteiger partial charge < -0.3 is 0 Å². The number of hydrogen-bond donors (Lipinski definition) is 0. The van der Waals surface area contributed by atoms with Crippen molar-refractivity contribution in [3.63, 3.8) is 0 Å². The first kappa shape index (κ1) is 12.5. The van der Waals surface area contributed by atoms with Crippen molar-refractivity contribution in [2.24, 2.45) is 5.92 Å². The lowest BCUT2D eigenvalue weighted by atomic mass is 9.95. The summed E-state index contributed by atoms with van der Waals surface area (Å²) in [7, 11) is 0. The highest BCUT2D eigenvalue weighted by atomic mass is 16.1. The van der Waals surface area contributed by atoms with E-state index in [4.69, 9.17) is 0 Å². The van der Waals surface area contributed by atoms with Crippen LogP contribution in [0.1, 0.15) is 32.3 Å². The molecule has 1 heteroatoms. The zero-order valence-corrected chi connectivity index (χ0v) is 9.99. The van der Waals surface area contributed by atoms with Crippen LogP contribution >= 0.6 is 0 Å². The summed E-state index contributed by atoms with van der Waals surface area (Å²) in [6, 6.07) is 10.3. The molecule has 0 fully saturated rings. The molecule has 0 heterocycles. The Morgan fingerprint density at radius 3 is 2.56 bits per heavy atom. The third-order valence-electron chi connectivity index (χ3n) is 2.41. The Morgan fingerprint density at radius 2 is 2.00 bits per heavy atom. The van der Waals surface area contributed by atoms with Crippen molar-refractivity contribution in [3.8, 4) is 11.8 Å². The van der Waals surface area contributed by atoms with Gasteiger partial charge in [0.25, 0.3) is 0 Å². The Labute approximate surface area is 97.9 Å². The third-order valence-corrected chi connectivity index (χ3v) is 2.41. The molecule has 1 atom stereocenters. The van der Waals surface area contributed by atoms with Crippen molar-refractivity contribution in [1.29, 1.82) is 0 Å². The standard InChI is InChI=1S/C15H18O/c1-3-7-14(11-10-13(2)16)12-15-8-5-4-6-9-15/h4-6,8-9,14H,3,7,12H2,1-2H3. The molecule has 84 valence electrons. The zero-order valence-electron chi connectivity index (χ0n) is 9.99. The maximum absolute atomic E-state index is 10.8. The molecular weight excluding hydrogens is 196 g/mol. The van der Waals surface area contributed by atoms with Crippen LogP contribution in [0.2, 0.25) is 0 Å². The number of hydrogen-bond acceptors (Lipinski definition) is 1. The van der Waals surface area contributed by atoms with E-state index in [1.165, 1.54) is 12.5 Å². The molecule has 0 aliphatic rings. The van der Waals surface area contributed by atoms with Gasteiger partial charge in [-0.15, -0.1) is 0 Å². The van der Waals surface area contributed by atoms with Gasteiger partial charge in [0.05, 0.1) is 0 Å². The predicted octanol–water partition coefficient (Wildman–Crippen LogP) is 3.24. The molecule has 1 rings (SSSR count). The van der Waals surface area contributed by atoms with Crippen LogP contribution < -0.4 is 0 Å². The van der Waals surface area contributed by atoms with Crippen LogP contribution in [0.25, 0.3) is 0 Å². The number of benzene rings is 1. The average molecular weight is 214 g/mol. The van der Waals surface area contributed by atoms with Crippen molar-refractivity contribution < 1.29 is 4.79 Å². The molecule has 1 aromatic rings. The first-order valence-electron chi connectivity index (χ1n) is 5.78. The van der Waals surface area contributed by atoms with Crippen molar-refractivity contribution in [2.45, 2.75) is 33.1 Å². The van der Waals surface area contributed by atoms with E-state index in [9.17, 15) is 4.79 Å². The fourth-order valence-electron chi connectivity index (χ4n) is 1.68. The fraction of sp³-hybridized carbons (Fsp3) is 0.400. The van der Waals surface area contributed by atoms with E-state index >= 15 is 0 Å². The van der Waals surface area contributed by atoms with Gasteiger partial charge in [0, 0.05) is 12.8 Å². The summed E-state index contributed by atoms with van der Waals surface area (Å²) in [5.41, 5.74) is 1.29. The molecule has 1 aromatic carbocycles. The van der Waals surface area contributed by atoms with Crippen LogP contribution in [-0.4, -0.2) is 5.78 Å². The minimum atomic E-state index is -0.0471. The first-order chi connectivity index (χ1) is 7.72. The molecule has 0 radical (unpaired) electrons. The van der Waals surface area contributed by atoms with Crippen molar-refractivity contribution >= 4 is 5.78 Å². The van der Waals surface area contributed by atoms with E-state index in [2.05, 4.69) is 30.9 Å². The highest BCUT2D eigenvalue weighted by Gasteiger charge is 2.05. The molecule has 0 amide bonds. The maximum Gasteiger partial charge on any atom is 0.202 e. The van der Waals surface area contributed by atoms with Crippen LogP contribution in [0.15, 0.2) is 30.3 Å². The number of ketones is 1. The predicted molar refractivity (Wildman–Crippen MR) is 67.0 cm³/mol. The molecule has 0 aromatic heterocycles. The largest absolute Gasteiger partial charge is 0.285 e. The van der Waals surface area contributed by atoms with Crippen LogP contribution in [-0.2, 0) is 11.2 Å². The molecule has 0 spiro atoms. The monoisotopic (exact) mass is 214 g/mol. The van der Waals surface area contributed by atoms with E-state index in [-0.39, 0.29) is 5.78 Å². The number of Topliss-reactive ketones (excluding diaryl/α,β-unsaturated/α-hetero) is 1. The number of carbonyl (C=O) groups is 1. The minimum absolute atomic E-state index is 0.0471. The van der Waals surface area contributed by atoms with Crippen molar-refractivity contribution in [3.05, 3.63) is 35.9 Å². The summed E-state index contributed by atoms with van der Waals surface area (Å²) in [4.78, 5) is 10.8. The molecule has 1 unspecified atom stereocenters. The van der Waals surface area contributed by atoms with Gasteiger partial charge in [0.1, 0.15) is 0 Å². The Bertz CT molecular complexity index is 381. The van der Waals surface area contributed by atoms with Crippen LogP contribution in [0.4, 0.5) is 0 Å². The second-order valence-electron chi connectivity index (χ2n) is 4.00. The summed E-state index contributed by atoms with van der Waals surface area (Å²) >= 11 is 0. The van der Waals surface area contributed by atoms with Crippen molar-refractivity contribution in [2.75, 3.05) is 0 Å². The molecule has 0 aliphatic carbocycles. The van der Waals surface area contributed by atoms with Gasteiger partial charge in [0.2, 0.25) is 5.78 Å². The SMILES string of the molecule is CCCC(C#CC(C)=O)Cc1ccccc1. The fourth-order valence-corrected chi connectivity index (χ4v) is 1.68. The topological polar surface area (TPSA) is 17.1 Å². The first-order valence-corrected chi connectivity index (χ1v) is 5.78. The Hall–Kier alpha value is -1.55. The quantitative estimate of drug-likeness (QED) is 0.555. The van der Waals surface area contributed by atoms with Crippen LogP contribution in [0.5, 0.6) is 0 Å². The van der Waals surface area contributed by atoms with E-state index in [0.29, 0.717) is 5.92 Å². The van der Waals surface area contributed by atoms with Gasteiger partial charge in [-0.25, -0.2) is 0 Å².